The number of aromatic amines is 1. The molecule has 0 aliphatic rings. The van der Waals surface area contributed by atoms with Crippen molar-refractivity contribution in [2.24, 2.45) is 15.9 Å². The Bertz CT molecular complexity index is 1120. The number of hydrogen-bond acceptors (Lipinski definition) is 5. The summed E-state index contributed by atoms with van der Waals surface area (Å²) < 4.78 is 0. The van der Waals surface area contributed by atoms with Gasteiger partial charge >= 0.3 is 0 Å². The number of para-hydroxylation sites is 1. The number of nitrogen functional groups attached to an aromatic ring is 1. The molecular weight excluding hydrogens is 427 g/mol. The first-order chi connectivity index (χ1) is 14.4. The van der Waals surface area contributed by atoms with E-state index in [0.29, 0.717) is 27.0 Å². The van der Waals surface area contributed by atoms with E-state index in [0.717, 1.165) is 16.5 Å². The van der Waals surface area contributed by atoms with Gasteiger partial charge in [-0.15, -0.1) is 0 Å². The lowest BCUT2D eigenvalue weighted by Crippen LogP contribution is -2.37. The number of amides is 1. The van der Waals surface area contributed by atoms with Crippen LogP contribution in [0.5, 0.6) is 0 Å². The Balaban J connectivity index is 1.68. The molecule has 0 unspecified atom stereocenters. The number of nitrogens with two attached hydrogens (primary N) is 2. The summed E-state index contributed by atoms with van der Waals surface area (Å²) in [5.41, 5.74) is 14.7. The Hall–Kier alpha value is -3.23. The number of anilines is 1. The van der Waals surface area contributed by atoms with Gasteiger partial charge in [-0.3, -0.25) is 10.1 Å². The second-order valence-electron chi connectivity index (χ2n) is 6.37. The molecule has 3 rings (SSSR count). The molecule has 10 heteroatoms. The molecule has 0 bridgehead atoms. The summed E-state index contributed by atoms with van der Waals surface area (Å²) in [6, 6.07) is 11.0. The van der Waals surface area contributed by atoms with Gasteiger partial charge in [-0.25, -0.2) is 4.99 Å². The quantitative estimate of drug-likeness (QED) is 0.200. The summed E-state index contributed by atoms with van der Waals surface area (Å²) in [7, 11) is 1.42. The van der Waals surface area contributed by atoms with Crippen LogP contribution >= 0.6 is 23.2 Å². The van der Waals surface area contributed by atoms with Crippen LogP contribution in [0.2, 0.25) is 10.0 Å². The first kappa shape index (κ1) is 21.5. The van der Waals surface area contributed by atoms with Gasteiger partial charge in [0, 0.05) is 22.7 Å². The molecule has 6 N–H and O–H groups in total. The fraction of sp³-hybridized carbons (Fsp3) is 0.150. The summed E-state index contributed by atoms with van der Waals surface area (Å²) in [5, 5.41) is 8.13. The van der Waals surface area contributed by atoms with Crippen molar-refractivity contribution in [2.75, 3.05) is 12.8 Å². The molecule has 0 saturated heterocycles. The minimum Gasteiger partial charge on any atom is -0.399 e. The fourth-order valence-corrected chi connectivity index (χ4v) is 3.41. The van der Waals surface area contributed by atoms with Crippen LogP contribution in [-0.2, 0) is 16.2 Å². The van der Waals surface area contributed by atoms with Gasteiger partial charge in [-0.1, -0.05) is 46.6 Å². The van der Waals surface area contributed by atoms with Crippen molar-refractivity contribution in [2.45, 2.75) is 13.0 Å². The molecule has 0 fully saturated rings. The summed E-state index contributed by atoms with van der Waals surface area (Å²) in [5.74, 6) is -0.425. The number of guanidine groups is 1. The molecule has 0 spiro atoms. The third-order valence-electron chi connectivity index (χ3n) is 4.27. The topological polar surface area (TPSA) is 131 Å². The van der Waals surface area contributed by atoms with Crippen molar-refractivity contribution in [3.8, 4) is 0 Å². The van der Waals surface area contributed by atoms with E-state index in [1.807, 2.05) is 24.3 Å². The van der Waals surface area contributed by atoms with Crippen LogP contribution in [0.25, 0.3) is 10.9 Å². The average Bonchev–Trinajstić information content (AvgIpc) is 3.14. The highest BCUT2D eigenvalue weighted by Crippen LogP contribution is 2.29. The minimum absolute atomic E-state index is 0.0419. The van der Waals surface area contributed by atoms with Crippen molar-refractivity contribution in [1.29, 1.82) is 0 Å². The minimum atomic E-state index is -0.384. The molecule has 30 heavy (non-hydrogen) atoms. The molecular formula is C20H20Cl2N6O2. The molecule has 0 aliphatic carbocycles. The van der Waals surface area contributed by atoms with Gasteiger partial charge in [-0.05, 0) is 23.8 Å². The molecule has 1 heterocycles. The lowest BCUT2D eigenvalue weighted by molar-refractivity contribution is -0.118. The van der Waals surface area contributed by atoms with E-state index in [9.17, 15) is 4.79 Å². The molecule has 156 valence electrons. The Kier molecular flexibility index (Phi) is 6.81. The summed E-state index contributed by atoms with van der Waals surface area (Å²) in [6.07, 6.45) is 1.73. The Morgan fingerprint density at radius 3 is 2.63 bits per heavy atom. The summed E-state index contributed by atoms with van der Waals surface area (Å²) in [6.45, 7) is 0.174. The van der Waals surface area contributed by atoms with Crippen molar-refractivity contribution < 1.29 is 9.63 Å². The zero-order valence-corrected chi connectivity index (χ0v) is 17.6. The number of nitrogens with zero attached hydrogens (tertiary/aromatic N) is 2. The second-order valence-corrected chi connectivity index (χ2v) is 7.18. The number of carbonyl (C=O) groups is 1. The van der Waals surface area contributed by atoms with Gasteiger partial charge in [0.2, 0.25) is 5.91 Å². The maximum atomic E-state index is 12.5. The number of carbonyl (C=O) groups excluding carboxylic acids is 1. The third kappa shape index (κ3) is 5.03. The largest absolute Gasteiger partial charge is 0.399 e. The molecule has 1 aromatic heterocycles. The fourth-order valence-electron chi connectivity index (χ4n) is 2.88. The zero-order chi connectivity index (χ0) is 21.7. The van der Waals surface area contributed by atoms with Crippen LogP contribution in [-0.4, -0.2) is 29.7 Å². The number of nitrogens with one attached hydrogen (secondary N) is 2. The Morgan fingerprint density at radius 2 is 1.93 bits per heavy atom. The molecule has 0 atom stereocenters. The number of hydrogen-bond donors (Lipinski definition) is 4. The second kappa shape index (κ2) is 9.51. The Labute approximate surface area is 182 Å². The molecule has 2 aromatic carbocycles. The SMILES string of the molecule is CON=C(CC(=O)NC(N)=NCc1cc(Cl)c(N)c(Cl)c1)c1c[nH]c2ccccc12. The van der Waals surface area contributed by atoms with Crippen LogP contribution in [0.15, 0.2) is 52.7 Å². The number of aromatic nitrogens is 1. The maximum Gasteiger partial charge on any atom is 0.232 e. The number of benzene rings is 2. The summed E-state index contributed by atoms with van der Waals surface area (Å²) >= 11 is 12.0. The van der Waals surface area contributed by atoms with Crippen LogP contribution in [0.4, 0.5) is 5.69 Å². The molecule has 0 radical (unpaired) electrons. The van der Waals surface area contributed by atoms with Crippen molar-refractivity contribution in [3.63, 3.8) is 0 Å². The van der Waals surface area contributed by atoms with Gasteiger partial charge in [0.25, 0.3) is 0 Å². The van der Waals surface area contributed by atoms with Crippen molar-refractivity contribution >= 4 is 57.4 Å². The van der Waals surface area contributed by atoms with Crippen molar-refractivity contribution in [3.05, 3.63) is 63.8 Å². The van der Waals surface area contributed by atoms with Gasteiger partial charge in [0.15, 0.2) is 5.96 Å². The number of oxime groups is 1. The molecule has 0 saturated carbocycles. The normalized spacial score (nSPS) is 12.2. The van der Waals surface area contributed by atoms with E-state index >= 15 is 0 Å². The first-order valence-corrected chi connectivity index (χ1v) is 9.64. The highest BCUT2D eigenvalue weighted by Gasteiger charge is 2.16. The maximum absolute atomic E-state index is 12.5. The predicted octanol–water partition coefficient (Wildman–Crippen LogP) is 3.43. The van der Waals surface area contributed by atoms with E-state index in [2.05, 4.69) is 20.4 Å². The van der Waals surface area contributed by atoms with E-state index in [4.69, 9.17) is 39.5 Å². The molecule has 0 aliphatic heterocycles. The van der Waals surface area contributed by atoms with E-state index in [1.54, 1.807) is 18.3 Å². The number of rotatable bonds is 6. The van der Waals surface area contributed by atoms with E-state index in [-0.39, 0.29) is 24.8 Å². The van der Waals surface area contributed by atoms with Gasteiger partial charge in [0.05, 0.1) is 34.4 Å². The van der Waals surface area contributed by atoms with Gasteiger partial charge in [0.1, 0.15) is 7.11 Å². The standard InChI is InChI=1S/C20H20Cl2N6O2/c1-30-28-17(13-10-25-16-5-3-2-4-12(13)16)8-18(29)27-20(24)26-9-11-6-14(21)19(23)15(22)7-11/h2-7,10,25H,8-9,23H2,1H3,(H3,24,26,27,29). The number of H-pyrrole nitrogens is 1. The van der Waals surface area contributed by atoms with Crippen LogP contribution in [0.1, 0.15) is 17.5 Å². The number of aliphatic imine (C=N–C) groups is 1. The number of fused-ring (bicyclic) bond motifs is 1. The van der Waals surface area contributed by atoms with Crippen LogP contribution < -0.4 is 16.8 Å². The lowest BCUT2D eigenvalue weighted by atomic mass is 10.1. The monoisotopic (exact) mass is 446 g/mol. The highest BCUT2D eigenvalue weighted by atomic mass is 35.5. The van der Waals surface area contributed by atoms with Crippen LogP contribution in [0, 0.1) is 0 Å². The Morgan fingerprint density at radius 1 is 1.23 bits per heavy atom. The summed E-state index contributed by atoms with van der Waals surface area (Å²) in [4.78, 5) is 24.7. The van der Waals surface area contributed by atoms with Gasteiger partial charge in [-0.2, -0.15) is 0 Å². The zero-order valence-electron chi connectivity index (χ0n) is 16.1. The van der Waals surface area contributed by atoms with Crippen molar-refractivity contribution in [1.82, 2.24) is 10.3 Å². The molecule has 8 nitrogen and oxygen atoms in total. The number of halogens is 2. The smallest absolute Gasteiger partial charge is 0.232 e. The first-order valence-electron chi connectivity index (χ1n) is 8.88. The van der Waals surface area contributed by atoms with E-state index < -0.39 is 0 Å². The molecule has 3 aromatic rings. The highest BCUT2D eigenvalue weighted by molar-refractivity contribution is 6.38. The third-order valence-corrected chi connectivity index (χ3v) is 4.89. The molecule has 1 amide bonds. The van der Waals surface area contributed by atoms with Gasteiger partial charge < -0.3 is 21.3 Å². The predicted molar refractivity (Wildman–Crippen MR) is 121 cm³/mol. The van der Waals surface area contributed by atoms with Crippen LogP contribution in [0.3, 0.4) is 0 Å². The average molecular weight is 447 g/mol. The van der Waals surface area contributed by atoms with E-state index in [1.165, 1.54) is 7.11 Å². The lowest BCUT2D eigenvalue weighted by Gasteiger charge is -2.08.